The van der Waals surface area contributed by atoms with Gasteiger partial charge in [0, 0.05) is 15.6 Å². The van der Waals surface area contributed by atoms with Crippen molar-refractivity contribution in [3.8, 4) is 5.75 Å². The summed E-state index contributed by atoms with van der Waals surface area (Å²) in [5.74, 6) is 0.545. The van der Waals surface area contributed by atoms with Gasteiger partial charge in [-0.15, -0.1) is 0 Å². The van der Waals surface area contributed by atoms with E-state index in [1.807, 2.05) is 31.2 Å². The number of carbonyl (C=O) groups excluding carboxylic acids is 1. The molecule has 0 bridgehead atoms. The second kappa shape index (κ2) is 10.9. The minimum atomic E-state index is -3.59. The summed E-state index contributed by atoms with van der Waals surface area (Å²) in [5, 5.41) is 3.49. The van der Waals surface area contributed by atoms with E-state index in [2.05, 4.69) is 5.32 Å². The molecule has 0 fully saturated rings. The highest BCUT2D eigenvalue weighted by Gasteiger charge is 2.19. The molecule has 1 amide bonds. The zero-order valence-corrected chi connectivity index (χ0v) is 20.5. The third-order valence-corrected chi connectivity index (χ3v) is 6.39. The van der Waals surface area contributed by atoms with Gasteiger partial charge in [0.15, 0.2) is 0 Å². The van der Waals surface area contributed by atoms with E-state index in [1.165, 1.54) is 22.5 Å². The molecule has 6 nitrogen and oxygen atoms in total. The molecule has 174 valence electrons. The molecule has 0 aliphatic heterocycles. The number of hydrogen-bond donors (Lipinski definition) is 1. The Labute approximate surface area is 204 Å². The molecule has 9 heteroatoms. The zero-order valence-electron chi connectivity index (χ0n) is 18.2. The highest BCUT2D eigenvalue weighted by molar-refractivity contribution is 7.92. The van der Waals surface area contributed by atoms with E-state index in [0.717, 1.165) is 17.6 Å². The first kappa shape index (κ1) is 24.9. The van der Waals surface area contributed by atoms with Crippen molar-refractivity contribution in [2.45, 2.75) is 13.5 Å². The van der Waals surface area contributed by atoms with E-state index in [1.54, 1.807) is 24.3 Å². The number of hydrogen-bond acceptors (Lipinski definition) is 4. The van der Waals surface area contributed by atoms with Crippen molar-refractivity contribution in [1.29, 1.82) is 0 Å². The van der Waals surface area contributed by atoms with Crippen LogP contribution in [-0.4, -0.2) is 33.7 Å². The summed E-state index contributed by atoms with van der Waals surface area (Å²) in [6.07, 6.45) is 1.11. The Morgan fingerprint density at radius 3 is 2.24 bits per heavy atom. The number of rotatable bonds is 9. The molecule has 1 N–H and O–H groups in total. The summed E-state index contributed by atoms with van der Waals surface area (Å²) in [6, 6.07) is 19.0. The number of ether oxygens (including phenoxy) is 1. The van der Waals surface area contributed by atoms with Crippen molar-refractivity contribution < 1.29 is 17.9 Å². The number of nitrogens with one attached hydrogen (secondary N) is 1. The highest BCUT2D eigenvalue weighted by Crippen LogP contribution is 2.28. The molecule has 0 saturated carbocycles. The molecule has 0 aliphatic carbocycles. The quantitative estimate of drug-likeness (QED) is 0.410. The minimum Gasteiger partial charge on any atom is -0.491 e. The first-order valence-corrected chi connectivity index (χ1v) is 12.7. The monoisotopic (exact) mass is 506 g/mol. The van der Waals surface area contributed by atoms with Crippen molar-refractivity contribution in [1.82, 2.24) is 5.32 Å². The van der Waals surface area contributed by atoms with Crippen LogP contribution in [0.25, 0.3) is 0 Å². The third kappa shape index (κ3) is 7.12. The van der Waals surface area contributed by atoms with Crippen LogP contribution in [0.1, 0.15) is 21.5 Å². The Kier molecular flexibility index (Phi) is 8.24. The molecule has 0 spiro atoms. The topological polar surface area (TPSA) is 75.7 Å². The van der Waals surface area contributed by atoms with Gasteiger partial charge < -0.3 is 10.1 Å². The van der Waals surface area contributed by atoms with Gasteiger partial charge in [-0.25, -0.2) is 8.42 Å². The molecule has 3 rings (SSSR count). The van der Waals surface area contributed by atoms with E-state index in [9.17, 15) is 13.2 Å². The van der Waals surface area contributed by atoms with Gasteiger partial charge in [-0.1, -0.05) is 53.5 Å². The van der Waals surface area contributed by atoms with E-state index < -0.39 is 10.0 Å². The molecule has 0 heterocycles. The van der Waals surface area contributed by atoms with Crippen LogP contribution in [0.2, 0.25) is 10.0 Å². The Balaban J connectivity index is 1.61. The molecule has 0 unspecified atom stereocenters. The van der Waals surface area contributed by atoms with Gasteiger partial charge in [0.25, 0.3) is 5.91 Å². The molecule has 0 aliphatic rings. The fourth-order valence-corrected chi connectivity index (χ4v) is 4.54. The zero-order chi connectivity index (χ0) is 24.0. The maximum atomic E-state index is 12.4. The predicted octanol–water partition coefficient (Wildman–Crippen LogP) is 5.08. The van der Waals surface area contributed by atoms with Gasteiger partial charge in [-0.2, -0.15) is 0 Å². The standard InChI is InChI=1S/C24H24Cl2N2O4S/c1-17-5-3-4-6-23(17)32-12-11-27-24(29)19-9-7-18(8-10-19)16-28(33(2,30)31)22-14-20(25)13-21(26)15-22/h3-10,13-15H,11-12,16H2,1-2H3,(H,27,29). The van der Waals surface area contributed by atoms with Crippen molar-refractivity contribution in [3.05, 3.63) is 93.5 Å². The average Bonchev–Trinajstić information content (AvgIpc) is 2.75. The minimum absolute atomic E-state index is 0.0711. The fourth-order valence-electron chi connectivity index (χ4n) is 3.16. The number of aryl methyl sites for hydroxylation is 1. The van der Waals surface area contributed by atoms with E-state index >= 15 is 0 Å². The Bertz CT molecular complexity index is 1210. The maximum absolute atomic E-state index is 12.4. The van der Waals surface area contributed by atoms with Gasteiger partial charge in [-0.05, 0) is 54.4 Å². The second-order valence-corrected chi connectivity index (χ2v) is 10.2. The van der Waals surface area contributed by atoms with Crippen LogP contribution >= 0.6 is 23.2 Å². The number of amides is 1. The highest BCUT2D eigenvalue weighted by atomic mass is 35.5. The summed E-state index contributed by atoms with van der Waals surface area (Å²) in [5.41, 5.74) is 2.57. The lowest BCUT2D eigenvalue weighted by atomic mass is 10.1. The SMILES string of the molecule is Cc1ccccc1OCCNC(=O)c1ccc(CN(c2cc(Cl)cc(Cl)c2)S(C)(=O)=O)cc1. The van der Waals surface area contributed by atoms with Gasteiger partial charge in [0.05, 0.1) is 25.0 Å². The van der Waals surface area contributed by atoms with Crippen molar-refractivity contribution in [2.75, 3.05) is 23.7 Å². The van der Waals surface area contributed by atoms with Crippen LogP contribution < -0.4 is 14.4 Å². The molecule has 3 aromatic rings. The smallest absolute Gasteiger partial charge is 0.251 e. The summed E-state index contributed by atoms with van der Waals surface area (Å²) in [6.45, 7) is 2.73. The number of sulfonamides is 1. The molecule has 0 saturated heterocycles. The lowest BCUT2D eigenvalue weighted by Crippen LogP contribution is -2.29. The van der Waals surface area contributed by atoms with Crippen LogP contribution in [0.4, 0.5) is 5.69 Å². The van der Waals surface area contributed by atoms with Crippen LogP contribution in [0.3, 0.4) is 0 Å². The van der Waals surface area contributed by atoms with Crippen LogP contribution in [0.5, 0.6) is 5.75 Å². The molecular formula is C24H24Cl2N2O4S. The molecule has 3 aromatic carbocycles. The predicted molar refractivity (Wildman–Crippen MR) is 133 cm³/mol. The van der Waals surface area contributed by atoms with E-state index in [-0.39, 0.29) is 12.5 Å². The second-order valence-electron chi connectivity index (χ2n) is 7.46. The van der Waals surface area contributed by atoms with Gasteiger partial charge in [0.1, 0.15) is 12.4 Å². The summed E-state index contributed by atoms with van der Waals surface area (Å²) >= 11 is 12.1. The fraction of sp³-hybridized carbons (Fsp3) is 0.208. The molecule has 0 atom stereocenters. The largest absolute Gasteiger partial charge is 0.491 e. The summed E-state index contributed by atoms with van der Waals surface area (Å²) < 4.78 is 31.6. The van der Waals surface area contributed by atoms with Crippen molar-refractivity contribution >= 4 is 44.8 Å². The third-order valence-electron chi connectivity index (χ3n) is 4.82. The Hall–Kier alpha value is -2.74. The molecule has 33 heavy (non-hydrogen) atoms. The van der Waals surface area contributed by atoms with E-state index in [0.29, 0.717) is 40.0 Å². The number of halogens is 2. The lowest BCUT2D eigenvalue weighted by molar-refractivity contribution is 0.0947. The van der Waals surface area contributed by atoms with Crippen LogP contribution in [0, 0.1) is 6.92 Å². The van der Waals surface area contributed by atoms with E-state index in [4.69, 9.17) is 27.9 Å². The first-order valence-electron chi connectivity index (χ1n) is 10.1. The average molecular weight is 507 g/mol. The normalized spacial score (nSPS) is 11.2. The number of anilines is 1. The van der Waals surface area contributed by atoms with Gasteiger partial charge in [0.2, 0.25) is 10.0 Å². The van der Waals surface area contributed by atoms with Crippen molar-refractivity contribution in [3.63, 3.8) is 0 Å². The van der Waals surface area contributed by atoms with Gasteiger partial charge in [-0.3, -0.25) is 9.10 Å². The van der Waals surface area contributed by atoms with Crippen LogP contribution in [0.15, 0.2) is 66.7 Å². The number of para-hydroxylation sites is 1. The number of nitrogens with zero attached hydrogens (tertiary/aromatic N) is 1. The molecule has 0 aromatic heterocycles. The van der Waals surface area contributed by atoms with Crippen molar-refractivity contribution in [2.24, 2.45) is 0 Å². The number of benzene rings is 3. The van der Waals surface area contributed by atoms with Gasteiger partial charge >= 0.3 is 0 Å². The molecular weight excluding hydrogens is 483 g/mol. The number of carbonyl (C=O) groups is 1. The maximum Gasteiger partial charge on any atom is 0.251 e. The van der Waals surface area contributed by atoms with Crippen LogP contribution in [-0.2, 0) is 16.6 Å². The summed E-state index contributed by atoms with van der Waals surface area (Å²) in [4.78, 5) is 12.4. The molecule has 0 radical (unpaired) electrons. The Morgan fingerprint density at radius 2 is 1.64 bits per heavy atom. The summed E-state index contributed by atoms with van der Waals surface area (Å²) in [7, 11) is -3.59. The lowest BCUT2D eigenvalue weighted by Gasteiger charge is -2.23. The first-order chi connectivity index (χ1) is 15.6. The Morgan fingerprint density at radius 1 is 1.00 bits per heavy atom.